The lowest BCUT2D eigenvalue weighted by Crippen LogP contribution is -2.03. The zero-order valence-corrected chi connectivity index (χ0v) is 16.8. The summed E-state index contributed by atoms with van der Waals surface area (Å²) in [7, 11) is 0. The average molecular weight is 461 g/mol. The van der Waals surface area contributed by atoms with Crippen molar-refractivity contribution >= 4 is 40.0 Å². The molecule has 0 radical (unpaired) electrons. The SMILES string of the molecule is C=C(Nc1cc(C)ccc1N)/C(C#N)=C/c1cc(I)c(O)c(OCC)c1. The minimum atomic E-state index is 0.0904. The number of allylic oxidation sites excluding steroid dienone is 1. The summed E-state index contributed by atoms with van der Waals surface area (Å²) in [6.45, 7) is 8.18. The third-order valence-electron chi connectivity index (χ3n) is 3.60. The highest BCUT2D eigenvalue weighted by Gasteiger charge is 2.10. The van der Waals surface area contributed by atoms with Gasteiger partial charge in [-0.15, -0.1) is 0 Å². The van der Waals surface area contributed by atoms with Crippen LogP contribution in [0.15, 0.2) is 48.2 Å². The number of anilines is 2. The number of nitrogens with two attached hydrogens (primary N) is 1. The Hall–Kier alpha value is -2.66. The fourth-order valence-electron chi connectivity index (χ4n) is 2.30. The van der Waals surface area contributed by atoms with E-state index in [9.17, 15) is 10.4 Å². The minimum absolute atomic E-state index is 0.0904. The first-order valence-electron chi connectivity index (χ1n) is 7.95. The van der Waals surface area contributed by atoms with E-state index in [0.717, 1.165) is 11.1 Å². The van der Waals surface area contributed by atoms with Crippen LogP contribution in [0.3, 0.4) is 0 Å². The number of nitriles is 1. The molecular formula is C20H20IN3O2. The van der Waals surface area contributed by atoms with Crippen molar-refractivity contribution < 1.29 is 9.84 Å². The third-order valence-corrected chi connectivity index (χ3v) is 4.42. The predicted octanol–water partition coefficient (Wildman–Crippen LogP) is 4.82. The zero-order chi connectivity index (χ0) is 19.3. The van der Waals surface area contributed by atoms with Crippen LogP contribution < -0.4 is 15.8 Å². The molecule has 4 N–H and O–H groups in total. The van der Waals surface area contributed by atoms with Crippen molar-refractivity contribution in [3.05, 3.63) is 62.9 Å². The number of nitrogens with zero attached hydrogens (tertiary/aromatic N) is 1. The van der Waals surface area contributed by atoms with Crippen LogP contribution >= 0.6 is 22.6 Å². The first-order chi connectivity index (χ1) is 12.3. The van der Waals surface area contributed by atoms with Gasteiger partial charge in [0.1, 0.15) is 6.07 Å². The second-order valence-corrected chi connectivity index (χ2v) is 6.81. The van der Waals surface area contributed by atoms with Gasteiger partial charge in [0, 0.05) is 5.70 Å². The molecule has 0 aromatic heterocycles. The van der Waals surface area contributed by atoms with Crippen LogP contribution in [0.25, 0.3) is 6.08 Å². The van der Waals surface area contributed by atoms with E-state index in [1.165, 1.54) is 0 Å². The Morgan fingerprint density at radius 3 is 2.81 bits per heavy atom. The van der Waals surface area contributed by atoms with Crippen molar-refractivity contribution in [2.75, 3.05) is 17.7 Å². The Morgan fingerprint density at radius 2 is 2.15 bits per heavy atom. The van der Waals surface area contributed by atoms with Crippen molar-refractivity contribution in [1.82, 2.24) is 0 Å². The van der Waals surface area contributed by atoms with Crippen LogP contribution in [0.2, 0.25) is 0 Å². The van der Waals surface area contributed by atoms with Crippen LogP contribution in [0, 0.1) is 21.8 Å². The monoisotopic (exact) mass is 461 g/mol. The molecule has 0 saturated carbocycles. The van der Waals surface area contributed by atoms with Crippen molar-refractivity contribution in [2.45, 2.75) is 13.8 Å². The molecule has 6 heteroatoms. The summed E-state index contributed by atoms with van der Waals surface area (Å²) in [5.74, 6) is 0.469. The van der Waals surface area contributed by atoms with Gasteiger partial charge in [0.15, 0.2) is 11.5 Å². The van der Waals surface area contributed by atoms with Crippen molar-refractivity contribution in [1.29, 1.82) is 5.26 Å². The van der Waals surface area contributed by atoms with E-state index in [-0.39, 0.29) is 5.75 Å². The number of hydrogen-bond acceptors (Lipinski definition) is 5. The molecule has 0 bridgehead atoms. The van der Waals surface area contributed by atoms with Crippen LogP contribution in [-0.4, -0.2) is 11.7 Å². The number of nitrogen functional groups attached to an aromatic ring is 1. The number of nitrogens with one attached hydrogen (secondary N) is 1. The van der Waals surface area contributed by atoms with Crippen molar-refractivity contribution in [2.24, 2.45) is 0 Å². The zero-order valence-electron chi connectivity index (χ0n) is 14.6. The Bertz CT molecular complexity index is 914. The molecule has 2 aromatic carbocycles. The van der Waals surface area contributed by atoms with Gasteiger partial charge < -0.3 is 20.9 Å². The van der Waals surface area contributed by atoms with E-state index in [2.05, 4.69) is 18.0 Å². The maximum absolute atomic E-state index is 10.0. The molecule has 134 valence electrons. The van der Waals surface area contributed by atoms with Crippen LogP contribution in [0.1, 0.15) is 18.1 Å². The van der Waals surface area contributed by atoms with Crippen LogP contribution in [-0.2, 0) is 0 Å². The standard InChI is InChI=1S/C20H20IN3O2/c1-4-26-19-10-14(9-16(21)20(19)25)8-15(11-22)13(3)24-18-7-12(2)5-6-17(18)23/h5-10,24-25H,3-4,23H2,1-2H3/b15-8+. The highest BCUT2D eigenvalue weighted by molar-refractivity contribution is 14.1. The molecule has 0 aliphatic carbocycles. The maximum atomic E-state index is 10.0. The summed E-state index contributed by atoms with van der Waals surface area (Å²) in [5.41, 5.74) is 9.82. The fourth-order valence-corrected chi connectivity index (χ4v) is 2.93. The Balaban J connectivity index is 2.34. The number of phenols is 1. The highest BCUT2D eigenvalue weighted by Crippen LogP contribution is 2.34. The number of rotatable bonds is 6. The van der Waals surface area contributed by atoms with Gasteiger partial charge in [0.25, 0.3) is 0 Å². The quantitative estimate of drug-likeness (QED) is 0.248. The Labute approximate surface area is 166 Å². The molecule has 5 nitrogen and oxygen atoms in total. The molecule has 0 heterocycles. The molecule has 0 saturated heterocycles. The van der Waals surface area contributed by atoms with Crippen LogP contribution in [0.4, 0.5) is 11.4 Å². The van der Waals surface area contributed by atoms with E-state index < -0.39 is 0 Å². The van der Waals surface area contributed by atoms with E-state index in [4.69, 9.17) is 10.5 Å². The number of aromatic hydroxyl groups is 1. The molecular weight excluding hydrogens is 441 g/mol. The summed E-state index contributed by atoms with van der Waals surface area (Å²) < 4.78 is 6.07. The number of phenolic OH excluding ortho intramolecular Hbond substituents is 1. The minimum Gasteiger partial charge on any atom is -0.504 e. The van der Waals surface area contributed by atoms with Gasteiger partial charge in [-0.1, -0.05) is 12.6 Å². The van der Waals surface area contributed by atoms with Crippen molar-refractivity contribution in [3.8, 4) is 17.6 Å². The number of aryl methyl sites for hydroxylation is 1. The molecule has 0 aliphatic heterocycles. The largest absolute Gasteiger partial charge is 0.504 e. The lowest BCUT2D eigenvalue weighted by molar-refractivity contribution is 0.317. The predicted molar refractivity (Wildman–Crippen MR) is 114 cm³/mol. The lowest BCUT2D eigenvalue weighted by Gasteiger charge is -2.13. The maximum Gasteiger partial charge on any atom is 0.171 e. The molecule has 0 aliphatic rings. The number of hydrogen-bond donors (Lipinski definition) is 3. The summed E-state index contributed by atoms with van der Waals surface area (Å²) >= 11 is 2.02. The lowest BCUT2D eigenvalue weighted by atomic mass is 10.1. The molecule has 26 heavy (non-hydrogen) atoms. The second-order valence-electron chi connectivity index (χ2n) is 5.65. The molecule has 0 fully saturated rings. The first-order valence-corrected chi connectivity index (χ1v) is 9.03. The second kappa shape index (κ2) is 8.63. The van der Waals surface area contributed by atoms with Gasteiger partial charge in [-0.2, -0.15) is 5.26 Å². The normalized spacial score (nSPS) is 10.9. The van der Waals surface area contributed by atoms with E-state index >= 15 is 0 Å². The van der Waals surface area contributed by atoms with E-state index in [1.807, 2.05) is 48.6 Å². The smallest absolute Gasteiger partial charge is 0.171 e. The number of ether oxygens (including phenoxy) is 1. The third kappa shape index (κ3) is 4.70. The van der Waals surface area contributed by atoms with E-state index in [0.29, 0.717) is 38.6 Å². The highest BCUT2D eigenvalue weighted by atomic mass is 127. The Morgan fingerprint density at radius 1 is 1.42 bits per heavy atom. The topological polar surface area (TPSA) is 91.3 Å². The average Bonchev–Trinajstić information content (AvgIpc) is 2.60. The number of benzene rings is 2. The van der Waals surface area contributed by atoms with Crippen LogP contribution in [0.5, 0.6) is 11.5 Å². The van der Waals surface area contributed by atoms with E-state index in [1.54, 1.807) is 24.3 Å². The summed E-state index contributed by atoms with van der Waals surface area (Å²) in [6.07, 6.45) is 1.69. The molecule has 0 atom stereocenters. The van der Waals surface area contributed by atoms with Gasteiger partial charge in [0.2, 0.25) is 0 Å². The fraction of sp³-hybridized carbons (Fsp3) is 0.150. The summed E-state index contributed by atoms with van der Waals surface area (Å²) in [6, 6.07) is 11.2. The first kappa shape index (κ1) is 19.7. The molecule has 2 rings (SSSR count). The van der Waals surface area contributed by atoms with Gasteiger partial charge >= 0.3 is 0 Å². The molecule has 0 unspecified atom stereocenters. The van der Waals surface area contributed by atoms with Gasteiger partial charge in [-0.25, -0.2) is 0 Å². The number of halogens is 1. The van der Waals surface area contributed by atoms with Gasteiger partial charge in [-0.3, -0.25) is 0 Å². The van der Waals surface area contributed by atoms with Gasteiger partial charge in [-0.05, 0) is 77.9 Å². The molecule has 2 aromatic rings. The molecule has 0 spiro atoms. The summed E-state index contributed by atoms with van der Waals surface area (Å²) in [4.78, 5) is 0. The van der Waals surface area contributed by atoms with Gasteiger partial charge in [0.05, 0.1) is 27.1 Å². The van der Waals surface area contributed by atoms with Crippen molar-refractivity contribution in [3.63, 3.8) is 0 Å². The Kier molecular flexibility index (Phi) is 6.52. The molecule has 0 amide bonds. The summed E-state index contributed by atoms with van der Waals surface area (Å²) in [5, 5.41) is 22.7.